The molecule has 0 heterocycles. The smallest absolute Gasteiger partial charge is 0.265 e. The lowest BCUT2D eigenvalue weighted by Crippen LogP contribution is -2.31. The number of nitrogens with one attached hydrogen (secondary N) is 1. The van der Waals surface area contributed by atoms with Crippen LogP contribution < -0.4 is 4.72 Å². The third kappa shape index (κ3) is 4.72. The molecule has 0 aliphatic rings. The lowest BCUT2D eigenvalue weighted by Gasteiger charge is -2.11. The zero-order valence-corrected chi connectivity index (χ0v) is 15.9. The average molecular weight is 395 g/mol. The van der Waals surface area contributed by atoms with Crippen molar-refractivity contribution < 1.29 is 17.6 Å². The molecule has 0 bridgehead atoms. The van der Waals surface area contributed by atoms with Gasteiger partial charge in [0.05, 0.1) is 4.90 Å². The zero-order chi connectivity index (χ0) is 20.1. The maximum Gasteiger partial charge on any atom is 0.265 e. The topological polar surface area (TPSA) is 63.2 Å². The van der Waals surface area contributed by atoms with Crippen LogP contribution in [0.3, 0.4) is 0 Å². The maximum absolute atomic E-state index is 13.2. The largest absolute Gasteiger partial charge is 0.268 e. The first-order valence-corrected chi connectivity index (χ1v) is 10.00. The van der Waals surface area contributed by atoms with E-state index in [1.807, 2.05) is 6.92 Å². The van der Waals surface area contributed by atoms with Crippen molar-refractivity contribution in [2.75, 3.05) is 0 Å². The van der Waals surface area contributed by atoms with Crippen molar-refractivity contribution in [3.05, 3.63) is 101 Å². The van der Waals surface area contributed by atoms with Gasteiger partial charge in [0.25, 0.3) is 15.9 Å². The lowest BCUT2D eigenvalue weighted by atomic mass is 10.0. The fourth-order valence-electron chi connectivity index (χ4n) is 2.58. The summed E-state index contributed by atoms with van der Waals surface area (Å²) in [5.41, 5.74) is 2.18. The minimum Gasteiger partial charge on any atom is -0.268 e. The van der Waals surface area contributed by atoms with Crippen molar-refractivity contribution >= 4 is 27.6 Å². The summed E-state index contributed by atoms with van der Waals surface area (Å²) in [6.07, 6.45) is 1.52. The maximum atomic E-state index is 13.2. The van der Waals surface area contributed by atoms with E-state index in [0.717, 1.165) is 5.56 Å². The van der Waals surface area contributed by atoms with Crippen LogP contribution in [-0.2, 0) is 14.8 Å². The van der Waals surface area contributed by atoms with Gasteiger partial charge < -0.3 is 0 Å². The Morgan fingerprint density at radius 1 is 0.893 bits per heavy atom. The third-order valence-electron chi connectivity index (χ3n) is 4.07. The van der Waals surface area contributed by atoms with E-state index in [1.54, 1.807) is 42.5 Å². The van der Waals surface area contributed by atoms with Crippen LogP contribution in [0.1, 0.15) is 16.7 Å². The van der Waals surface area contributed by atoms with Gasteiger partial charge in [0.15, 0.2) is 0 Å². The van der Waals surface area contributed by atoms with E-state index in [4.69, 9.17) is 0 Å². The van der Waals surface area contributed by atoms with Crippen molar-refractivity contribution in [1.82, 2.24) is 4.72 Å². The predicted molar refractivity (Wildman–Crippen MR) is 107 cm³/mol. The fraction of sp³-hybridized carbons (Fsp3) is 0.0455. The van der Waals surface area contributed by atoms with E-state index < -0.39 is 21.7 Å². The van der Waals surface area contributed by atoms with Gasteiger partial charge in [-0.15, -0.1) is 0 Å². The molecule has 4 nitrogen and oxygen atoms in total. The van der Waals surface area contributed by atoms with E-state index in [-0.39, 0.29) is 10.5 Å². The van der Waals surface area contributed by atoms with Gasteiger partial charge >= 0.3 is 0 Å². The Kier molecular flexibility index (Phi) is 5.70. The molecule has 3 rings (SSSR count). The van der Waals surface area contributed by atoms with E-state index in [9.17, 15) is 17.6 Å². The number of rotatable bonds is 5. The molecule has 0 fully saturated rings. The predicted octanol–water partition coefficient (Wildman–Crippen LogP) is 4.18. The first-order valence-electron chi connectivity index (χ1n) is 8.52. The Hall–Kier alpha value is -3.25. The second kappa shape index (κ2) is 8.19. The van der Waals surface area contributed by atoms with Crippen molar-refractivity contribution in [3.8, 4) is 0 Å². The van der Waals surface area contributed by atoms with Crippen molar-refractivity contribution in [2.45, 2.75) is 11.8 Å². The van der Waals surface area contributed by atoms with E-state index in [0.29, 0.717) is 11.1 Å². The molecule has 1 amide bonds. The van der Waals surface area contributed by atoms with Gasteiger partial charge in [-0.2, -0.15) is 0 Å². The van der Waals surface area contributed by atoms with Crippen LogP contribution in [0, 0.1) is 12.7 Å². The molecule has 142 valence electrons. The van der Waals surface area contributed by atoms with Crippen molar-refractivity contribution in [1.29, 1.82) is 0 Å². The quantitative estimate of drug-likeness (QED) is 0.521. The number of sulfonamides is 1. The third-order valence-corrected chi connectivity index (χ3v) is 5.42. The Labute approximate surface area is 163 Å². The molecular weight excluding hydrogens is 377 g/mol. The summed E-state index contributed by atoms with van der Waals surface area (Å²) in [6.45, 7) is 1.84. The van der Waals surface area contributed by atoms with Crippen molar-refractivity contribution in [2.24, 2.45) is 0 Å². The Morgan fingerprint density at radius 3 is 2.11 bits per heavy atom. The number of hydrogen-bond donors (Lipinski definition) is 1. The van der Waals surface area contributed by atoms with Crippen LogP contribution in [0.25, 0.3) is 11.6 Å². The highest BCUT2D eigenvalue weighted by molar-refractivity contribution is 7.90. The fourth-order valence-corrected chi connectivity index (χ4v) is 3.54. The van der Waals surface area contributed by atoms with Gasteiger partial charge in [0.2, 0.25) is 0 Å². The normalized spacial score (nSPS) is 11.9. The molecule has 0 spiro atoms. The zero-order valence-electron chi connectivity index (χ0n) is 15.1. The molecule has 3 aromatic carbocycles. The number of halogens is 1. The van der Waals surface area contributed by atoms with E-state index >= 15 is 0 Å². The van der Waals surface area contributed by atoms with Gasteiger partial charge in [-0.25, -0.2) is 17.5 Å². The number of carbonyl (C=O) groups excluding carboxylic acids is 1. The van der Waals surface area contributed by atoms with Crippen LogP contribution in [0.4, 0.5) is 4.39 Å². The Morgan fingerprint density at radius 2 is 1.50 bits per heavy atom. The lowest BCUT2D eigenvalue weighted by molar-refractivity contribution is -0.113. The minimum absolute atomic E-state index is 0.000596. The van der Waals surface area contributed by atoms with Crippen LogP contribution in [0.5, 0.6) is 0 Å². The molecule has 0 radical (unpaired) electrons. The van der Waals surface area contributed by atoms with Crippen LogP contribution in [0.2, 0.25) is 0 Å². The standard InChI is InChI=1S/C22H18FNO3S/c1-16-7-13-20(14-8-16)28(26,27)24-22(25)21(18-5-3-2-4-6-18)15-17-9-11-19(23)12-10-17/h2-15H,1H3,(H,24,25)/b21-15+. The molecule has 0 aliphatic heterocycles. The number of amides is 1. The van der Waals surface area contributed by atoms with Crippen LogP contribution >= 0.6 is 0 Å². The Balaban J connectivity index is 1.97. The molecule has 0 unspecified atom stereocenters. The second-order valence-electron chi connectivity index (χ2n) is 6.22. The van der Waals surface area contributed by atoms with E-state index in [1.165, 1.54) is 42.5 Å². The summed E-state index contributed by atoms with van der Waals surface area (Å²) in [6, 6.07) is 20.5. The number of benzene rings is 3. The number of carbonyl (C=O) groups is 1. The summed E-state index contributed by atoms with van der Waals surface area (Å²) < 4.78 is 40.4. The van der Waals surface area contributed by atoms with Gasteiger partial charge in [0.1, 0.15) is 5.82 Å². The SMILES string of the molecule is Cc1ccc(S(=O)(=O)NC(=O)/C(=C/c2ccc(F)cc2)c2ccccc2)cc1. The first kappa shape index (κ1) is 19.5. The molecular formula is C22H18FNO3S. The van der Waals surface area contributed by atoms with Gasteiger partial charge in [-0.1, -0.05) is 60.2 Å². The monoisotopic (exact) mass is 395 g/mol. The molecule has 1 N–H and O–H groups in total. The highest BCUT2D eigenvalue weighted by atomic mass is 32.2. The highest BCUT2D eigenvalue weighted by Crippen LogP contribution is 2.20. The van der Waals surface area contributed by atoms with Gasteiger partial charge in [0, 0.05) is 5.57 Å². The summed E-state index contributed by atoms with van der Waals surface area (Å²) in [7, 11) is -4.03. The van der Waals surface area contributed by atoms with Crippen molar-refractivity contribution in [3.63, 3.8) is 0 Å². The minimum atomic E-state index is -4.03. The summed E-state index contributed by atoms with van der Waals surface area (Å²) in [4.78, 5) is 12.8. The summed E-state index contributed by atoms with van der Waals surface area (Å²) >= 11 is 0. The molecule has 28 heavy (non-hydrogen) atoms. The molecule has 0 saturated carbocycles. The Bertz CT molecular complexity index is 1100. The number of hydrogen-bond acceptors (Lipinski definition) is 3. The average Bonchev–Trinajstić information content (AvgIpc) is 2.68. The molecule has 3 aromatic rings. The van der Waals surface area contributed by atoms with Crippen LogP contribution in [0.15, 0.2) is 83.8 Å². The van der Waals surface area contributed by atoms with Crippen LogP contribution in [-0.4, -0.2) is 14.3 Å². The molecule has 0 atom stereocenters. The number of aryl methyl sites for hydroxylation is 1. The summed E-state index contributed by atoms with van der Waals surface area (Å²) in [5.74, 6) is -1.17. The van der Waals surface area contributed by atoms with Gasteiger partial charge in [-0.05, 0) is 48.4 Å². The highest BCUT2D eigenvalue weighted by Gasteiger charge is 2.21. The molecule has 0 aliphatic carbocycles. The van der Waals surface area contributed by atoms with Gasteiger partial charge in [-0.3, -0.25) is 4.79 Å². The summed E-state index contributed by atoms with van der Waals surface area (Å²) in [5, 5.41) is 0. The van der Waals surface area contributed by atoms with E-state index in [2.05, 4.69) is 4.72 Å². The molecule has 6 heteroatoms. The second-order valence-corrected chi connectivity index (χ2v) is 7.91. The first-order chi connectivity index (χ1) is 13.3. The molecule has 0 aromatic heterocycles. The molecule has 0 saturated heterocycles.